The quantitative estimate of drug-likeness (QED) is 0.716. The first-order valence-electron chi connectivity index (χ1n) is 8.54. The van der Waals surface area contributed by atoms with Crippen LogP contribution in [0.3, 0.4) is 0 Å². The van der Waals surface area contributed by atoms with Gasteiger partial charge in [0.15, 0.2) is 11.5 Å². The van der Waals surface area contributed by atoms with Crippen LogP contribution in [0.1, 0.15) is 23.1 Å². The Hall–Kier alpha value is -3.20. The van der Waals surface area contributed by atoms with Crippen LogP contribution >= 0.6 is 0 Å². The molecule has 6 nitrogen and oxygen atoms in total. The lowest BCUT2D eigenvalue weighted by atomic mass is 10.1. The number of nitrogens with zero attached hydrogens (tertiary/aromatic N) is 2. The van der Waals surface area contributed by atoms with Crippen LogP contribution in [0.5, 0.6) is 17.2 Å². The second-order valence-electron chi connectivity index (χ2n) is 6.09. The molecule has 0 bridgehead atoms. The maximum Gasteiger partial charge on any atom is 0.222 e. The highest BCUT2D eigenvalue weighted by Crippen LogP contribution is 2.38. The van der Waals surface area contributed by atoms with Gasteiger partial charge in [0, 0.05) is 20.0 Å². The molecule has 0 saturated carbocycles. The standard InChI is InChI=1S/C21H24N2O4/c1-23(14-16-7-5-15(13-22)6-8-16)20(24)10-9-17-11-18(25-2)21(27-4)19(12-17)26-3/h5-8,11-12H,9-10,14H2,1-4H3. The molecule has 2 aromatic rings. The first-order chi connectivity index (χ1) is 13.0. The van der Waals surface area contributed by atoms with Gasteiger partial charge in [-0.15, -0.1) is 0 Å². The smallest absolute Gasteiger partial charge is 0.222 e. The van der Waals surface area contributed by atoms with Crippen LogP contribution in [0.25, 0.3) is 0 Å². The molecule has 0 N–H and O–H groups in total. The maximum absolute atomic E-state index is 12.5. The number of methoxy groups -OCH3 is 3. The van der Waals surface area contributed by atoms with E-state index in [1.165, 1.54) is 0 Å². The average Bonchev–Trinajstić information content (AvgIpc) is 2.71. The van der Waals surface area contributed by atoms with E-state index in [-0.39, 0.29) is 5.91 Å². The van der Waals surface area contributed by atoms with E-state index in [0.29, 0.717) is 42.2 Å². The van der Waals surface area contributed by atoms with E-state index >= 15 is 0 Å². The molecule has 0 aliphatic carbocycles. The van der Waals surface area contributed by atoms with Crippen LogP contribution in [0, 0.1) is 11.3 Å². The number of nitriles is 1. The Balaban J connectivity index is 2.00. The zero-order chi connectivity index (χ0) is 19.8. The van der Waals surface area contributed by atoms with E-state index in [4.69, 9.17) is 19.5 Å². The summed E-state index contributed by atoms with van der Waals surface area (Å²) in [5.74, 6) is 1.72. The highest BCUT2D eigenvalue weighted by atomic mass is 16.5. The van der Waals surface area contributed by atoms with Gasteiger partial charge in [-0.3, -0.25) is 4.79 Å². The molecule has 0 heterocycles. The summed E-state index contributed by atoms with van der Waals surface area (Å²) in [6.45, 7) is 0.500. The number of aryl methyl sites for hydroxylation is 1. The van der Waals surface area contributed by atoms with Crippen molar-refractivity contribution in [3.8, 4) is 23.3 Å². The number of rotatable bonds is 8. The van der Waals surface area contributed by atoms with Gasteiger partial charge in [0.2, 0.25) is 11.7 Å². The summed E-state index contributed by atoms with van der Waals surface area (Å²) in [5.41, 5.74) is 2.53. The molecule has 27 heavy (non-hydrogen) atoms. The molecule has 0 atom stereocenters. The Bertz CT molecular complexity index is 800. The molecule has 142 valence electrons. The molecule has 0 saturated heterocycles. The third-order valence-electron chi connectivity index (χ3n) is 4.28. The topological polar surface area (TPSA) is 71.8 Å². The van der Waals surface area contributed by atoms with E-state index < -0.39 is 0 Å². The summed E-state index contributed by atoms with van der Waals surface area (Å²) in [6, 6.07) is 13.0. The van der Waals surface area contributed by atoms with Gasteiger partial charge in [0.25, 0.3) is 0 Å². The summed E-state index contributed by atoms with van der Waals surface area (Å²) < 4.78 is 16.0. The highest BCUT2D eigenvalue weighted by molar-refractivity contribution is 5.76. The Morgan fingerprint density at radius 1 is 1.00 bits per heavy atom. The van der Waals surface area contributed by atoms with Crippen molar-refractivity contribution in [3.63, 3.8) is 0 Å². The summed E-state index contributed by atoms with van der Waals surface area (Å²) in [7, 11) is 6.46. The molecule has 0 aliphatic rings. The average molecular weight is 368 g/mol. The lowest BCUT2D eigenvalue weighted by Crippen LogP contribution is -2.26. The molecular formula is C21H24N2O4. The SMILES string of the molecule is COc1cc(CCC(=O)N(C)Cc2ccc(C#N)cc2)cc(OC)c1OC. The molecule has 0 fully saturated rings. The van der Waals surface area contributed by atoms with Crippen molar-refractivity contribution in [2.75, 3.05) is 28.4 Å². The van der Waals surface area contributed by atoms with Crippen LogP contribution < -0.4 is 14.2 Å². The Labute approximate surface area is 159 Å². The molecule has 0 unspecified atom stereocenters. The monoisotopic (exact) mass is 368 g/mol. The normalized spacial score (nSPS) is 10.0. The largest absolute Gasteiger partial charge is 0.493 e. The zero-order valence-corrected chi connectivity index (χ0v) is 16.1. The van der Waals surface area contributed by atoms with Crippen molar-refractivity contribution in [2.24, 2.45) is 0 Å². The fourth-order valence-corrected chi connectivity index (χ4v) is 2.77. The van der Waals surface area contributed by atoms with Gasteiger partial charge >= 0.3 is 0 Å². The molecular weight excluding hydrogens is 344 g/mol. The number of benzene rings is 2. The van der Waals surface area contributed by atoms with Crippen molar-refractivity contribution in [1.29, 1.82) is 5.26 Å². The molecule has 0 aromatic heterocycles. The number of hydrogen-bond donors (Lipinski definition) is 0. The second-order valence-corrected chi connectivity index (χ2v) is 6.09. The fraction of sp³-hybridized carbons (Fsp3) is 0.333. The van der Waals surface area contributed by atoms with Gasteiger partial charge in [-0.1, -0.05) is 12.1 Å². The highest BCUT2D eigenvalue weighted by Gasteiger charge is 2.15. The van der Waals surface area contributed by atoms with E-state index in [1.54, 1.807) is 45.4 Å². The summed E-state index contributed by atoms with van der Waals surface area (Å²) in [5, 5.41) is 8.84. The molecule has 0 radical (unpaired) electrons. The number of carbonyl (C=O) groups is 1. The summed E-state index contributed by atoms with van der Waals surface area (Å²) >= 11 is 0. The van der Waals surface area contributed by atoms with Crippen LogP contribution in [0.4, 0.5) is 0 Å². The molecule has 2 aromatic carbocycles. The fourth-order valence-electron chi connectivity index (χ4n) is 2.77. The first-order valence-corrected chi connectivity index (χ1v) is 8.54. The lowest BCUT2D eigenvalue weighted by molar-refractivity contribution is -0.130. The van der Waals surface area contributed by atoms with Gasteiger partial charge in [-0.25, -0.2) is 0 Å². The van der Waals surface area contributed by atoms with E-state index in [0.717, 1.165) is 11.1 Å². The van der Waals surface area contributed by atoms with Crippen molar-refractivity contribution >= 4 is 5.91 Å². The Morgan fingerprint density at radius 2 is 1.59 bits per heavy atom. The first kappa shape index (κ1) is 20.1. The van der Waals surface area contributed by atoms with E-state index in [9.17, 15) is 4.79 Å². The van der Waals surface area contributed by atoms with Crippen LogP contribution in [-0.4, -0.2) is 39.2 Å². The Kier molecular flexibility index (Phi) is 7.07. The number of carbonyl (C=O) groups excluding carboxylic acids is 1. The number of amides is 1. The molecule has 2 rings (SSSR count). The number of hydrogen-bond acceptors (Lipinski definition) is 5. The third kappa shape index (κ3) is 5.14. The predicted molar refractivity (Wildman–Crippen MR) is 102 cm³/mol. The van der Waals surface area contributed by atoms with Gasteiger partial charge in [0.05, 0.1) is 33.0 Å². The van der Waals surface area contributed by atoms with Crippen molar-refractivity contribution in [2.45, 2.75) is 19.4 Å². The minimum atomic E-state index is 0.0353. The van der Waals surface area contributed by atoms with Crippen LogP contribution in [-0.2, 0) is 17.8 Å². The molecule has 6 heteroatoms. The third-order valence-corrected chi connectivity index (χ3v) is 4.28. The molecule has 0 spiro atoms. The van der Waals surface area contributed by atoms with Crippen LogP contribution in [0.15, 0.2) is 36.4 Å². The maximum atomic E-state index is 12.5. The minimum Gasteiger partial charge on any atom is -0.493 e. The summed E-state index contributed by atoms with van der Waals surface area (Å²) in [4.78, 5) is 14.1. The van der Waals surface area contributed by atoms with Gasteiger partial charge < -0.3 is 19.1 Å². The van der Waals surface area contributed by atoms with Crippen molar-refractivity contribution < 1.29 is 19.0 Å². The minimum absolute atomic E-state index is 0.0353. The second kappa shape index (κ2) is 9.48. The molecule has 1 amide bonds. The zero-order valence-electron chi connectivity index (χ0n) is 16.1. The number of ether oxygens (including phenoxy) is 3. The molecule has 0 aliphatic heterocycles. The predicted octanol–water partition coefficient (Wildman–Crippen LogP) is 3.18. The van der Waals surface area contributed by atoms with Crippen molar-refractivity contribution in [3.05, 3.63) is 53.1 Å². The van der Waals surface area contributed by atoms with Gasteiger partial charge in [0.1, 0.15) is 0 Å². The van der Waals surface area contributed by atoms with Gasteiger partial charge in [-0.05, 0) is 41.8 Å². The van der Waals surface area contributed by atoms with E-state index in [2.05, 4.69) is 6.07 Å². The van der Waals surface area contributed by atoms with E-state index in [1.807, 2.05) is 24.3 Å². The van der Waals surface area contributed by atoms with Gasteiger partial charge in [-0.2, -0.15) is 5.26 Å². The lowest BCUT2D eigenvalue weighted by Gasteiger charge is -2.18. The summed E-state index contributed by atoms with van der Waals surface area (Å²) in [6.07, 6.45) is 0.929. The van der Waals surface area contributed by atoms with Crippen molar-refractivity contribution in [1.82, 2.24) is 4.90 Å². The Morgan fingerprint density at radius 3 is 2.07 bits per heavy atom. The van der Waals surface area contributed by atoms with Crippen LogP contribution in [0.2, 0.25) is 0 Å².